The Morgan fingerprint density at radius 2 is 1.91 bits per heavy atom. The van der Waals surface area contributed by atoms with E-state index in [1.165, 1.54) is 23.7 Å². The van der Waals surface area contributed by atoms with Gasteiger partial charge in [-0.15, -0.1) is 11.3 Å². The summed E-state index contributed by atoms with van der Waals surface area (Å²) in [6, 6.07) is 8.51. The lowest BCUT2D eigenvalue weighted by Gasteiger charge is -2.12. The monoisotopic (exact) mass is 474 g/mol. The zero-order valence-corrected chi connectivity index (χ0v) is 19.6. The molecule has 0 saturated heterocycles. The first-order valence-electron chi connectivity index (χ1n) is 9.58. The largest absolute Gasteiger partial charge is 0.493 e. The predicted molar refractivity (Wildman–Crippen MR) is 126 cm³/mol. The summed E-state index contributed by atoms with van der Waals surface area (Å²) in [4.78, 5) is 25.9. The number of carbonyl (C=O) groups is 2. The lowest BCUT2D eigenvalue weighted by Crippen LogP contribution is -2.34. The number of benzene rings is 1. The third kappa shape index (κ3) is 4.92. The third-order valence-corrected chi connectivity index (χ3v) is 5.66. The molecule has 0 saturated carbocycles. The second kappa shape index (κ2) is 10.3. The van der Waals surface area contributed by atoms with Crippen LogP contribution < -0.4 is 20.1 Å². The maximum absolute atomic E-state index is 12.9. The lowest BCUT2D eigenvalue weighted by atomic mass is 10.0. The van der Waals surface area contributed by atoms with Crippen LogP contribution in [0.1, 0.15) is 32.7 Å². The number of thiocarbonyl (C=S) groups is 1. The van der Waals surface area contributed by atoms with E-state index in [9.17, 15) is 9.59 Å². The van der Waals surface area contributed by atoms with Gasteiger partial charge in [-0.05, 0) is 55.9 Å². The van der Waals surface area contributed by atoms with Gasteiger partial charge in [0.25, 0.3) is 5.91 Å². The van der Waals surface area contributed by atoms with Crippen molar-refractivity contribution in [1.82, 2.24) is 5.32 Å². The van der Waals surface area contributed by atoms with E-state index in [1.807, 2.05) is 13.0 Å². The quantitative estimate of drug-likeness (QED) is 0.378. The smallest absolute Gasteiger partial charge is 0.341 e. The number of furan rings is 1. The molecule has 2 N–H and O–H groups in total. The molecule has 0 spiro atoms. The minimum atomic E-state index is -0.510. The number of amides is 1. The Morgan fingerprint density at radius 1 is 1.16 bits per heavy atom. The number of hydrogen-bond donors (Lipinski definition) is 2. The summed E-state index contributed by atoms with van der Waals surface area (Å²) >= 11 is 6.59. The van der Waals surface area contributed by atoms with Crippen LogP contribution in [0.2, 0.25) is 0 Å². The molecule has 0 fully saturated rings. The molecule has 3 aromatic rings. The highest BCUT2D eigenvalue weighted by molar-refractivity contribution is 7.80. The van der Waals surface area contributed by atoms with Gasteiger partial charge in [0.2, 0.25) is 0 Å². The molecule has 0 radical (unpaired) electrons. The van der Waals surface area contributed by atoms with Crippen LogP contribution in [0.4, 0.5) is 5.00 Å². The van der Waals surface area contributed by atoms with Gasteiger partial charge in [0.05, 0.1) is 27.1 Å². The fourth-order valence-electron chi connectivity index (χ4n) is 3.08. The highest BCUT2D eigenvalue weighted by Crippen LogP contribution is 2.42. The summed E-state index contributed by atoms with van der Waals surface area (Å²) in [5.41, 5.74) is 1.74. The van der Waals surface area contributed by atoms with Crippen LogP contribution in [-0.4, -0.2) is 37.8 Å². The molecule has 1 amide bonds. The van der Waals surface area contributed by atoms with Crippen molar-refractivity contribution < 1.29 is 28.2 Å². The van der Waals surface area contributed by atoms with E-state index in [2.05, 4.69) is 10.6 Å². The van der Waals surface area contributed by atoms with Gasteiger partial charge in [0, 0.05) is 10.4 Å². The predicted octanol–water partition coefficient (Wildman–Crippen LogP) is 4.64. The van der Waals surface area contributed by atoms with Gasteiger partial charge >= 0.3 is 5.97 Å². The summed E-state index contributed by atoms with van der Waals surface area (Å²) < 4.78 is 21.1. The number of methoxy groups -OCH3 is 2. The second-order valence-electron chi connectivity index (χ2n) is 6.41. The molecule has 8 nitrogen and oxygen atoms in total. The van der Waals surface area contributed by atoms with Crippen molar-refractivity contribution >= 4 is 45.5 Å². The Bertz CT molecular complexity index is 1140. The Hall–Kier alpha value is -3.37. The molecule has 0 aliphatic carbocycles. The van der Waals surface area contributed by atoms with Gasteiger partial charge in [-0.3, -0.25) is 10.1 Å². The van der Waals surface area contributed by atoms with E-state index in [4.69, 9.17) is 30.8 Å². The van der Waals surface area contributed by atoms with Gasteiger partial charge in [0.1, 0.15) is 10.6 Å². The Kier molecular flexibility index (Phi) is 7.49. The topological polar surface area (TPSA) is 99.0 Å². The van der Waals surface area contributed by atoms with Crippen molar-refractivity contribution in [3.05, 3.63) is 52.8 Å². The second-order valence-corrected chi connectivity index (χ2v) is 8.05. The molecule has 1 aromatic carbocycles. The van der Waals surface area contributed by atoms with Crippen molar-refractivity contribution in [2.45, 2.75) is 13.8 Å². The van der Waals surface area contributed by atoms with Crippen LogP contribution in [0, 0.1) is 6.92 Å². The molecule has 0 aliphatic heterocycles. The maximum Gasteiger partial charge on any atom is 0.341 e. The molecular weight excluding hydrogens is 452 g/mol. The average Bonchev–Trinajstić information content (AvgIpc) is 3.41. The first kappa shape index (κ1) is 23.3. The van der Waals surface area contributed by atoms with Crippen LogP contribution in [0.5, 0.6) is 11.5 Å². The third-order valence-electron chi connectivity index (χ3n) is 4.44. The van der Waals surface area contributed by atoms with Crippen LogP contribution in [0.15, 0.2) is 41.0 Å². The zero-order valence-electron chi connectivity index (χ0n) is 17.9. The Balaban J connectivity index is 1.98. The number of carbonyl (C=O) groups excluding carboxylic acids is 2. The Labute approximate surface area is 194 Å². The van der Waals surface area contributed by atoms with Gasteiger partial charge in [-0.25, -0.2) is 4.79 Å². The van der Waals surface area contributed by atoms with E-state index in [-0.39, 0.29) is 17.5 Å². The standard InChI is InChI=1S/C22H22N2O6S2/c1-5-29-21(26)18-17(13-8-9-14(27-3)16(11-13)28-4)12(2)32-20(18)24-22(31)23-19(25)15-7-6-10-30-15/h6-11H,5H2,1-4H3,(H2,23,24,25,31). The number of ether oxygens (including phenoxy) is 3. The van der Waals surface area contributed by atoms with Crippen molar-refractivity contribution in [3.63, 3.8) is 0 Å². The number of hydrogen-bond acceptors (Lipinski definition) is 8. The number of nitrogens with one attached hydrogen (secondary N) is 2. The van der Waals surface area contributed by atoms with Crippen LogP contribution in [0.25, 0.3) is 11.1 Å². The fraction of sp³-hybridized carbons (Fsp3) is 0.227. The molecule has 3 rings (SSSR count). The van der Waals surface area contributed by atoms with Crippen LogP contribution in [-0.2, 0) is 4.74 Å². The van der Waals surface area contributed by atoms with Crippen molar-refractivity contribution in [1.29, 1.82) is 0 Å². The van der Waals surface area contributed by atoms with Gasteiger partial charge in [-0.2, -0.15) is 0 Å². The first-order valence-corrected chi connectivity index (χ1v) is 10.8. The molecule has 168 valence electrons. The minimum Gasteiger partial charge on any atom is -0.493 e. The molecule has 0 bridgehead atoms. The molecule has 10 heteroatoms. The summed E-state index contributed by atoms with van der Waals surface area (Å²) in [6.45, 7) is 3.82. The normalized spacial score (nSPS) is 10.4. The number of aryl methyl sites for hydroxylation is 1. The van der Waals surface area contributed by atoms with Gasteiger partial charge < -0.3 is 23.9 Å². The number of thiophene rings is 1. The summed E-state index contributed by atoms with van der Waals surface area (Å²) in [5.74, 6) is 0.208. The number of esters is 1. The summed E-state index contributed by atoms with van der Waals surface area (Å²) in [6.07, 6.45) is 1.39. The molecule has 32 heavy (non-hydrogen) atoms. The molecule has 0 atom stereocenters. The van der Waals surface area contributed by atoms with E-state index >= 15 is 0 Å². The maximum atomic E-state index is 12.9. The van der Waals surface area contributed by atoms with E-state index in [1.54, 1.807) is 39.3 Å². The molecular formula is C22H22N2O6S2. The van der Waals surface area contributed by atoms with Crippen LogP contribution >= 0.6 is 23.6 Å². The molecule has 2 heterocycles. The summed E-state index contributed by atoms with van der Waals surface area (Å²) in [7, 11) is 3.10. The van der Waals surface area contributed by atoms with Crippen molar-refractivity contribution in [2.75, 3.05) is 26.1 Å². The molecule has 0 aliphatic rings. The first-order chi connectivity index (χ1) is 15.4. The minimum absolute atomic E-state index is 0.0251. The number of rotatable bonds is 7. The summed E-state index contributed by atoms with van der Waals surface area (Å²) in [5, 5.41) is 5.96. The van der Waals surface area contributed by atoms with Crippen molar-refractivity contribution in [2.24, 2.45) is 0 Å². The molecule has 0 unspecified atom stereocenters. The van der Waals surface area contributed by atoms with Gasteiger partial charge in [-0.1, -0.05) is 6.07 Å². The molecule has 2 aromatic heterocycles. The SMILES string of the molecule is CCOC(=O)c1c(NC(=S)NC(=O)c2ccco2)sc(C)c1-c1ccc(OC)c(OC)c1. The fourth-order valence-corrected chi connectivity index (χ4v) is 4.40. The Morgan fingerprint density at radius 3 is 2.53 bits per heavy atom. The zero-order chi connectivity index (χ0) is 23.3. The van der Waals surface area contributed by atoms with E-state index < -0.39 is 11.9 Å². The van der Waals surface area contributed by atoms with Crippen molar-refractivity contribution in [3.8, 4) is 22.6 Å². The lowest BCUT2D eigenvalue weighted by molar-refractivity contribution is 0.0529. The highest BCUT2D eigenvalue weighted by atomic mass is 32.1. The van der Waals surface area contributed by atoms with Gasteiger partial charge in [0.15, 0.2) is 22.4 Å². The van der Waals surface area contributed by atoms with E-state index in [0.29, 0.717) is 27.6 Å². The van der Waals surface area contributed by atoms with E-state index in [0.717, 1.165) is 10.4 Å². The number of anilines is 1. The average molecular weight is 475 g/mol. The highest BCUT2D eigenvalue weighted by Gasteiger charge is 2.26. The van der Waals surface area contributed by atoms with Crippen LogP contribution in [0.3, 0.4) is 0 Å².